The first-order valence-electron chi connectivity index (χ1n) is 8.89. The number of allylic oxidation sites excluding steroid dienone is 1. The summed E-state index contributed by atoms with van der Waals surface area (Å²) in [4.78, 5) is 25.5. The topological polar surface area (TPSA) is 75.4 Å². The second-order valence-corrected chi connectivity index (χ2v) is 6.81. The van der Waals surface area contributed by atoms with Crippen LogP contribution in [0.15, 0.2) is 23.9 Å². The van der Waals surface area contributed by atoms with Crippen molar-refractivity contribution in [3.63, 3.8) is 0 Å². The van der Waals surface area contributed by atoms with Crippen LogP contribution in [0.1, 0.15) is 44.3 Å². The summed E-state index contributed by atoms with van der Waals surface area (Å²) in [6, 6.07) is 2.15. The molecule has 0 spiro atoms. The maximum atomic E-state index is 12.6. The van der Waals surface area contributed by atoms with E-state index in [1.807, 2.05) is 4.90 Å². The van der Waals surface area contributed by atoms with Crippen LogP contribution in [-0.2, 0) is 11.3 Å². The second-order valence-electron chi connectivity index (χ2n) is 6.81. The molecule has 130 valence electrons. The number of nitrogens with zero attached hydrogens (tertiary/aromatic N) is 4. The second kappa shape index (κ2) is 7.75. The number of hydrogen-bond donors (Lipinski definition) is 1. The van der Waals surface area contributed by atoms with E-state index in [1.54, 1.807) is 12.3 Å². The maximum absolute atomic E-state index is 12.6. The molecule has 1 aliphatic heterocycles. The monoisotopic (exact) mass is 329 g/mol. The van der Waals surface area contributed by atoms with Gasteiger partial charge in [-0.05, 0) is 51.6 Å². The summed E-state index contributed by atoms with van der Waals surface area (Å²) in [6.07, 6.45) is 10.1. The summed E-state index contributed by atoms with van der Waals surface area (Å²) in [6.45, 7) is 2.40. The molecule has 1 unspecified atom stereocenters. The van der Waals surface area contributed by atoms with Gasteiger partial charge in [-0.1, -0.05) is 6.08 Å². The minimum Gasteiger partial charge on any atom is -0.384 e. The fourth-order valence-electron chi connectivity index (χ4n) is 3.63. The van der Waals surface area contributed by atoms with Gasteiger partial charge in [0.2, 0.25) is 5.91 Å². The van der Waals surface area contributed by atoms with E-state index in [-0.39, 0.29) is 5.91 Å². The van der Waals surface area contributed by atoms with Gasteiger partial charge in [-0.3, -0.25) is 9.69 Å². The average molecular weight is 329 g/mol. The highest BCUT2D eigenvalue weighted by Gasteiger charge is 2.25. The van der Waals surface area contributed by atoms with Gasteiger partial charge >= 0.3 is 0 Å². The summed E-state index contributed by atoms with van der Waals surface area (Å²) in [5, 5.41) is 0. The molecule has 6 heteroatoms. The van der Waals surface area contributed by atoms with E-state index in [0.29, 0.717) is 18.4 Å². The first kappa shape index (κ1) is 16.9. The lowest BCUT2D eigenvalue weighted by Crippen LogP contribution is -2.35. The lowest BCUT2D eigenvalue weighted by molar-refractivity contribution is -0.127. The average Bonchev–Trinajstić information content (AvgIpc) is 2.98. The van der Waals surface area contributed by atoms with Crippen molar-refractivity contribution in [3.05, 3.63) is 29.7 Å². The summed E-state index contributed by atoms with van der Waals surface area (Å²) < 4.78 is 0. The molecule has 3 rings (SSSR count). The Bertz CT molecular complexity index is 615. The van der Waals surface area contributed by atoms with E-state index in [9.17, 15) is 4.79 Å². The SMILES string of the molecule is CN(Cc1nccc(N)n1)C1CCCN(C(=O)C2=CCCC2)CC1. The van der Waals surface area contributed by atoms with Gasteiger partial charge in [0.15, 0.2) is 0 Å². The summed E-state index contributed by atoms with van der Waals surface area (Å²) in [7, 11) is 2.11. The third-order valence-electron chi connectivity index (χ3n) is 5.04. The van der Waals surface area contributed by atoms with Crippen LogP contribution in [0.4, 0.5) is 5.82 Å². The molecule has 1 amide bonds. The number of carbonyl (C=O) groups is 1. The van der Waals surface area contributed by atoms with E-state index >= 15 is 0 Å². The fraction of sp³-hybridized carbons (Fsp3) is 0.611. The number of nitrogen functional groups attached to an aromatic ring is 1. The van der Waals surface area contributed by atoms with Gasteiger partial charge in [0.05, 0.1) is 6.54 Å². The zero-order valence-corrected chi connectivity index (χ0v) is 14.4. The molecule has 1 fully saturated rings. The smallest absolute Gasteiger partial charge is 0.249 e. The van der Waals surface area contributed by atoms with Gasteiger partial charge in [-0.25, -0.2) is 9.97 Å². The minimum atomic E-state index is 0.259. The maximum Gasteiger partial charge on any atom is 0.249 e. The molecular weight excluding hydrogens is 302 g/mol. The largest absolute Gasteiger partial charge is 0.384 e. The number of anilines is 1. The van der Waals surface area contributed by atoms with E-state index < -0.39 is 0 Å². The Balaban J connectivity index is 1.55. The van der Waals surface area contributed by atoms with Crippen LogP contribution in [0.3, 0.4) is 0 Å². The van der Waals surface area contributed by atoms with Crippen molar-refractivity contribution in [1.82, 2.24) is 19.8 Å². The Labute approximate surface area is 143 Å². The predicted molar refractivity (Wildman–Crippen MR) is 94.1 cm³/mol. The van der Waals surface area contributed by atoms with Gasteiger partial charge in [-0.2, -0.15) is 0 Å². The molecule has 6 nitrogen and oxygen atoms in total. The lowest BCUT2D eigenvalue weighted by atomic mass is 10.1. The van der Waals surface area contributed by atoms with Crippen molar-refractivity contribution in [2.24, 2.45) is 0 Å². The van der Waals surface area contributed by atoms with Gasteiger partial charge < -0.3 is 10.6 Å². The molecule has 2 aliphatic rings. The molecule has 0 radical (unpaired) electrons. The molecule has 2 heterocycles. The first-order valence-corrected chi connectivity index (χ1v) is 8.89. The summed E-state index contributed by atoms with van der Waals surface area (Å²) >= 11 is 0. The molecule has 1 aromatic heterocycles. The lowest BCUT2D eigenvalue weighted by Gasteiger charge is -2.26. The van der Waals surface area contributed by atoms with Crippen molar-refractivity contribution >= 4 is 11.7 Å². The van der Waals surface area contributed by atoms with Crippen LogP contribution < -0.4 is 5.73 Å². The number of aromatic nitrogens is 2. The minimum absolute atomic E-state index is 0.259. The molecule has 2 N–H and O–H groups in total. The molecule has 1 aliphatic carbocycles. The van der Waals surface area contributed by atoms with Crippen molar-refractivity contribution in [1.29, 1.82) is 0 Å². The van der Waals surface area contributed by atoms with E-state index in [2.05, 4.69) is 28.0 Å². The van der Waals surface area contributed by atoms with Gasteiger partial charge in [0.1, 0.15) is 11.6 Å². The van der Waals surface area contributed by atoms with Crippen molar-refractivity contribution in [2.75, 3.05) is 25.9 Å². The van der Waals surface area contributed by atoms with E-state index in [0.717, 1.165) is 63.0 Å². The molecule has 24 heavy (non-hydrogen) atoms. The van der Waals surface area contributed by atoms with Crippen LogP contribution >= 0.6 is 0 Å². The first-order chi connectivity index (χ1) is 11.6. The normalized spacial score (nSPS) is 21.7. The highest BCUT2D eigenvalue weighted by Crippen LogP contribution is 2.23. The summed E-state index contributed by atoms with van der Waals surface area (Å²) in [5.74, 6) is 1.52. The molecule has 1 saturated heterocycles. The fourth-order valence-corrected chi connectivity index (χ4v) is 3.63. The predicted octanol–water partition coefficient (Wildman–Crippen LogP) is 1.98. The van der Waals surface area contributed by atoms with Gasteiger partial charge in [-0.15, -0.1) is 0 Å². The molecular formula is C18H27N5O. The third-order valence-corrected chi connectivity index (χ3v) is 5.04. The van der Waals surface area contributed by atoms with Crippen LogP contribution in [0.5, 0.6) is 0 Å². The zero-order valence-electron chi connectivity index (χ0n) is 14.4. The standard InChI is InChI=1S/C18H27N5O/c1-22(13-17-20-10-8-16(19)21-17)15-7-4-11-23(12-9-15)18(24)14-5-2-3-6-14/h5,8,10,15H,2-4,6-7,9,11-13H2,1H3,(H2,19,20,21). The Morgan fingerprint density at radius 1 is 1.38 bits per heavy atom. The van der Waals surface area contributed by atoms with Crippen LogP contribution in [0, 0.1) is 0 Å². The number of hydrogen-bond acceptors (Lipinski definition) is 5. The zero-order chi connectivity index (χ0) is 16.9. The third kappa shape index (κ3) is 4.12. The Kier molecular flexibility index (Phi) is 5.45. The Morgan fingerprint density at radius 2 is 2.25 bits per heavy atom. The summed E-state index contributed by atoms with van der Waals surface area (Å²) in [5.41, 5.74) is 6.75. The Morgan fingerprint density at radius 3 is 3.00 bits per heavy atom. The quantitative estimate of drug-likeness (QED) is 0.914. The number of amides is 1. The van der Waals surface area contributed by atoms with Crippen molar-refractivity contribution in [3.8, 4) is 0 Å². The highest BCUT2D eigenvalue weighted by atomic mass is 16.2. The van der Waals surface area contributed by atoms with Crippen LogP contribution in [0.25, 0.3) is 0 Å². The number of nitrogens with two attached hydrogens (primary N) is 1. The van der Waals surface area contributed by atoms with Gasteiger partial charge in [0.25, 0.3) is 0 Å². The van der Waals surface area contributed by atoms with Crippen molar-refractivity contribution in [2.45, 2.75) is 51.1 Å². The van der Waals surface area contributed by atoms with Crippen LogP contribution in [0.2, 0.25) is 0 Å². The van der Waals surface area contributed by atoms with E-state index in [4.69, 9.17) is 5.73 Å². The molecule has 1 atom stereocenters. The van der Waals surface area contributed by atoms with Crippen molar-refractivity contribution < 1.29 is 4.79 Å². The number of likely N-dealkylation sites (tertiary alicyclic amines) is 1. The number of carbonyl (C=O) groups excluding carboxylic acids is 1. The molecule has 0 aromatic carbocycles. The highest BCUT2D eigenvalue weighted by molar-refractivity contribution is 5.93. The number of rotatable bonds is 4. The molecule has 0 saturated carbocycles. The Hall–Kier alpha value is -1.95. The molecule has 1 aromatic rings. The van der Waals surface area contributed by atoms with E-state index in [1.165, 1.54) is 0 Å². The molecule has 0 bridgehead atoms. The van der Waals surface area contributed by atoms with Crippen LogP contribution in [-0.4, -0.2) is 51.9 Å². The van der Waals surface area contributed by atoms with Gasteiger partial charge in [0, 0.05) is 30.9 Å².